The smallest absolute Gasteiger partial charge is 0.128 e. The van der Waals surface area contributed by atoms with Crippen molar-refractivity contribution in [3.05, 3.63) is 41.6 Å². The van der Waals surface area contributed by atoms with Crippen LogP contribution in [0.5, 0.6) is 0 Å². The number of aryl methyl sites for hydroxylation is 1. The highest BCUT2D eigenvalue weighted by molar-refractivity contribution is 5.31. The Balaban J connectivity index is 2.02. The fraction of sp³-hybridized carbons (Fsp3) is 0.364. The molecule has 78 valence electrons. The highest BCUT2D eigenvalue weighted by Crippen LogP contribution is 2.28. The van der Waals surface area contributed by atoms with Crippen LogP contribution in [0, 0.1) is 0 Å². The molecule has 1 aliphatic rings. The summed E-state index contributed by atoms with van der Waals surface area (Å²) in [4.78, 5) is 0. The zero-order chi connectivity index (χ0) is 10.3. The Hall–Kier alpha value is -1.55. The fourth-order valence-corrected chi connectivity index (χ4v) is 2.11. The summed E-state index contributed by atoms with van der Waals surface area (Å²) in [5, 5.41) is 7.63. The van der Waals surface area contributed by atoms with Crippen molar-refractivity contribution in [2.75, 3.05) is 6.54 Å². The number of hydrogen-bond acceptors (Lipinski definition) is 3. The van der Waals surface area contributed by atoms with E-state index in [0.29, 0.717) is 0 Å². The van der Waals surface area contributed by atoms with Crippen molar-refractivity contribution < 1.29 is 4.42 Å². The molecule has 1 aliphatic heterocycles. The van der Waals surface area contributed by atoms with E-state index in [1.165, 1.54) is 5.56 Å². The lowest BCUT2D eigenvalue weighted by molar-refractivity contribution is 0.425. The van der Waals surface area contributed by atoms with Crippen LogP contribution < -0.4 is 5.32 Å². The molecule has 0 amide bonds. The molecular formula is C11H13N3O. The van der Waals surface area contributed by atoms with Gasteiger partial charge in [-0.1, -0.05) is 0 Å². The molecule has 3 heterocycles. The number of nitrogens with one attached hydrogen (secondary N) is 1. The van der Waals surface area contributed by atoms with Crippen molar-refractivity contribution in [1.29, 1.82) is 0 Å². The maximum absolute atomic E-state index is 5.53. The van der Waals surface area contributed by atoms with Crippen LogP contribution in [0.15, 0.2) is 29.1 Å². The Morgan fingerprint density at radius 3 is 3.33 bits per heavy atom. The van der Waals surface area contributed by atoms with Crippen LogP contribution in [0.2, 0.25) is 0 Å². The first kappa shape index (κ1) is 8.73. The van der Waals surface area contributed by atoms with Gasteiger partial charge in [0.25, 0.3) is 0 Å². The summed E-state index contributed by atoms with van der Waals surface area (Å²) in [6.07, 6.45) is 6.72. The maximum Gasteiger partial charge on any atom is 0.128 e. The predicted octanol–water partition coefficient (Wildman–Crippen LogP) is 1.25. The summed E-state index contributed by atoms with van der Waals surface area (Å²) in [6, 6.07) is 2.22. The monoisotopic (exact) mass is 203 g/mol. The molecule has 0 aromatic carbocycles. The zero-order valence-electron chi connectivity index (χ0n) is 8.60. The normalized spacial score (nSPS) is 20.2. The third kappa shape index (κ3) is 1.37. The summed E-state index contributed by atoms with van der Waals surface area (Å²) in [5.74, 6) is 1.04. The number of furan rings is 1. The predicted molar refractivity (Wildman–Crippen MR) is 55.5 cm³/mol. The van der Waals surface area contributed by atoms with E-state index in [2.05, 4.69) is 16.5 Å². The van der Waals surface area contributed by atoms with Gasteiger partial charge in [-0.15, -0.1) is 0 Å². The molecule has 0 saturated heterocycles. The van der Waals surface area contributed by atoms with E-state index >= 15 is 0 Å². The highest BCUT2D eigenvalue weighted by Gasteiger charge is 2.24. The van der Waals surface area contributed by atoms with Crippen LogP contribution in [-0.2, 0) is 13.5 Å². The van der Waals surface area contributed by atoms with Crippen molar-refractivity contribution in [3.63, 3.8) is 0 Å². The van der Waals surface area contributed by atoms with Gasteiger partial charge in [0.05, 0.1) is 18.5 Å². The number of nitrogens with zero attached hydrogens (tertiary/aromatic N) is 2. The second kappa shape index (κ2) is 3.24. The van der Waals surface area contributed by atoms with Gasteiger partial charge < -0.3 is 9.73 Å². The molecule has 1 atom stereocenters. The van der Waals surface area contributed by atoms with Gasteiger partial charge in [-0.2, -0.15) is 5.10 Å². The van der Waals surface area contributed by atoms with Crippen molar-refractivity contribution in [2.45, 2.75) is 12.5 Å². The topological polar surface area (TPSA) is 43.0 Å². The van der Waals surface area contributed by atoms with Crippen LogP contribution in [0.1, 0.15) is 22.9 Å². The zero-order valence-corrected chi connectivity index (χ0v) is 8.60. The molecule has 15 heavy (non-hydrogen) atoms. The van der Waals surface area contributed by atoms with Crippen LogP contribution in [0.25, 0.3) is 0 Å². The lowest BCUT2D eigenvalue weighted by Crippen LogP contribution is -2.29. The Labute approximate surface area is 87.9 Å². The standard InChI is InChI=1S/C11H13N3O/c1-14-7-9(6-13-14)10-11-8(2-4-12-10)3-5-15-11/h3,5-7,10,12H,2,4H2,1H3. The third-order valence-corrected chi connectivity index (χ3v) is 2.84. The minimum absolute atomic E-state index is 0.164. The Morgan fingerprint density at radius 1 is 1.60 bits per heavy atom. The second-order valence-corrected chi connectivity index (χ2v) is 3.89. The summed E-state index contributed by atoms with van der Waals surface area (Å²) in [6.45, 7) is 0.992. The summed E-state index contributed by atoms with van der Waals surface area (Å²) >= 11 is 0. The molecule has 0 aliphatic carbocycles. The Bertz CT molecular complexity index is 472. The summed E-state index contributed by atoms with van der Waals surface area (Å²) in [7, 11) is 1.93. The first-order valence-electron chi connectivity index (χ1n) is 5.13. The molecule has 4 nitrogen and oxygen atoms in total. The Morgan fingerprint density at radius 2 is 2.53 bits per heavy atom. The van der Waals surface area contributed by atoms with E-state index in [4.69, 9.17) is 4.42 Å². The van der Waals surface area contributed by atoms with E-state index in [1.807, 2.05) is 24.1 Å². The van der Waals surface area contributed by atoms with Gasteiger partial charge in [-0.25, -0.2) is 0 Å². The minimum atomic E-state index is 0.164. The number of fused-ring (bicyclic) bond motifs is 1. The fourth-order valence-electron chi connectivity index (χ4n) is 2.11. The van der Waals surface area contributed by atoms with Crippen molar-refractivity contribution in [3.8, 4) is 0 Å². The van der Waals surface area contributed by atoms with Gasteiger partial charge in [-0.05, 0) is 18.1 Å². The highest BCUT2D eigenvalue weighted by atomic mass is 16.3. The van der Waals surface area contributed by atoms with Gasteiger partial charge in [0.2, 0.25) is 0 Å². The molecule has 3 rings (SSSR count). The van der Waals surface area contributed by atoms with E-state index in [9.17, 15) is 0 Å². The van der Waals surface area contributed by atoms with E-state index in [0.717, 1.165) is 24.3 Å². The molecular weight excluding hydrogens is 190 g/mol. The largest absolute Gasteiger partial charge is 0.467 e. The SMILES string of the molecule is Cn1cc(C2NCCc3ccoc32)cn1. The van der Waals surface area contributed by atoms with Crippen LogP contribution in [-0.4, -0.2) is 16.3 Å². The summed E-state index contributed by atoms with van der Waals surface area (Å²) in [5.41, 5.74) is 2.47. The van der Waals surface area contributed by atoms with Crippen LogP contribution in [0.4, 0.5) is 0 Å². The minimum Gasteiger partial charge on any atom is -0.467 e. The molecule has 4 heteroatoms. The molecule has 0 bridgehead atoms. The molecule has 1 N–H and O–H groups in total. The van der Waals surface area contributed by atoms with Crippen molar-refractivity contribution in [1.82, 2.24) is 15.1 Å². The first-order chi connectivity index (χ1) is 7.34. The van der Waals surface area contributed by atoms with Gasteiger partial charge in [0.1, 0.15) is 5.76 Å². The Kier molecular flexibility index (Phi) is 1.89. The average molecular weight is 203 g/mol. The van der Waals surface area contributed by atoms with Crippen molar-refractivity contribution >= 4 is 0 Å². The van der Waals surface area contributed by atoms with Gasteiger partial charge in [0.15, 0.2) is 0 Å². The quantitative estimate of drug-likeness (QED) is 0.758. The molecule has 1 unspecified atom stereocenters. The third-order valence-electron chi connectivity index (χ3n) is 2.84. The molecule has 0 radical (unpaired) electrons. The van der Waals surface area contributed by atoms with E-state index in [1.54, 1.807) is 6.26 Å². The summed E-state index contributed by atoms with van der Waals surface area (Å²) < 4.78 is 7.35. The number of hydrogen-bond donors (Lipinski definition) is 1. The van der Waals surface area contributed by atoms with E-state index in [-0.39, 0.29) is 6.04 Å². The second-order valence-electron chi connectivity index (χ2n) is 3.89. The van der Waals surface area contributed by atoms with E-state index < -0.39 is 0 Å². The van der Waals surface area contributed by atoms with Gasteiger partial charge in [-0.3, -0.25) is 4.68 Å². The molecule has 0 saturated carbocycles. The maximum atomic E-state index is 5.53. The molecule has 2 aromatic heterocycles. The lowest BCUT2D eigenvalue weighted by atomic mass is 9.99. The van der Waals surface area contributed by atoms with Gasteiger partial charge in [0, 0.05) is 25.4 Å². The van der Waals surface area contributed by atoms with Gasteiger partial charge >= 0.3 is 0 Å². The average Bonchev–Trinajstić information content (AvgIpc) is 2.84. The van der Waals surface area contributed by atoms with Crippen molar-refractivity contribution in [2.24, 2.45) is 7.05 Å². The molecule has 0 fully saturated rings. The van der Waals surface area contributed by atoms with Crippen LogP contribution in [0.3, 0.4) is 0 Å². The molecule has 0 spiro atoms. The van der Waals surface area contributed by atoms with Crippen LogP contribution >= 0.6 is 0 Å². The first-order valence-corrected chi connectivity index (χ1v) is 5.13. The number of aromatic nitrogens is 2. The lowest BCUT2D eigenvalue weighted by Gasteiger charge is -2.21. The number of rotatable bonds is 1. The molecule has 2 aromatic rings.